The number of halogens is 3. The number of ether oxygens (including phenoxy) is 3. The van der Waals surface area contributed by atoms with Gasteiger partial charge in [0.25, 0.3) is 0 Å². The van der Waals surface area contributed by atoms with Crippen molar-refractivity contribution in [3.8, 4) is 51.0 Å². The summed E-state index contributed by atoms with van der Waals surface area (Å²) in [5.74, 6) is 0.765. The van der Waals surface area contributed by atoms with Crippen LogP contribution in [0.15, 0.2) is 97.5 Å². The zero-order valence-corrected chi connectivity index (χ0v) is 43.2. The molecule has 6 aromatic rings. The maximum atomic E-state index is 14.5. The Morgan fingerprint density at radius 1 is 0.486 bits per heavy atom. The van der Waals surface area contributed by atoms with Crippen molar-refractivity contribution in [3.05, 3.63) is 148 Å². The normalized spacial score (nSPS) is 18.3. The molecule has 72 heavy (non-hydrogen) atoms. The Kier molecular flexibility index (Phi) is 17.0. The van der Waals surface area contributed by atoms with Crippen LogP contribution < -0.4 is 14.2 Å². The minimum absolute atomic E-state index is 0.0113. The molecule has 9 rings (SSSR count). The standard InChI is InChI=1S/2C20H24FNO2.C20H22FNO2/c3*1-20(2)8-4-5-17(20)15-9-13(12-23)6-7-14(15)16-10-19(24-3)22-11-18(16)21/h2*6-7,9-11,17,23H,4-5,8,12H2,1-3H3;5-7,9-11,23H,4,8,12H2,1-3H3/t2*17-;/m10./s1. The molecule has 0 aliphatic heterocycles. The van der Waals surface area contributed by atoms with E-state index in [0.29, 0.717) is 46.2 Å². The van der Waals surface area contributed by atoms with Crippen LogP contribution in [0.1, 0.15) is 138 Å². The molecule has 3 heterocycles. The number of aliphatic hydroxyl groups excluding tert-OH is 3. The van der Waals surface area contributed by atoms with Gasteiger partial charge in [0.15, 0.2) is 0 Å². The number of aliphatic hydroxyl groups is 3. The molecule has 2 atom stereocenters. The molecule has 3 aromatic carbocycles. The van der Waals surface area contributed by atoms with Gasteiger partial charge in [-0.25, -0.2) is 28.1 Å². The van der Waals surface area contributed by atoms with Crippen molar-refractivity contribution >= 4 is 5.57 Å². The molecule has 3 aromatic heterocycles. The molecule has 0 bridgehead atoms. The van der Waals surface area contributed by atoms with E-state index in [9.17, 15) is 28.5 Å². The first-order chi connectivity index (χ1) is 34.4. The van der Waals surface area contributed by atoms with E-state index in [2.05, 4.69) is 62.6 Å². The predicted molar refractivity (Wildman–Crippen MR) is 278 cm³/mol. The molecule has 0 amide bonds. The van der Waals surface area contributed by atoms with Gasteiger partial charge in [0, 0.05) is 34.9 Å². The molecule has 12 heteroatoms. The number of hydrogen-bond acceptors (Lipinski definition) is 9. The molecular weight excluding hydrogens is 916 g/mol. The second-order valence-electron chi connectivity index (χ2n) is 21.2. The van der Waals surface area contributed by atoms with Crippen molar-refractivity contribution < 1.29 is 42.7 Å². The van der Waals surface area contributed by atoms with E-state index in [1.54, 1.807) is 18.2 Å². The van der Waals surface area contributed by atoms with Gasteiger partial charge in [0.1, 0.15) is 17.5 Å². The number of nitrogens with zero attached hydrogens (tertiary/aromatic N) is 3. The Balaban J connectivity index is 0.000000158. The second kappa shape index (κ2) is 22.8. The molecule has 0 saturated heterocycles. The maximum Gasteiger partial charge on any atom is 0.213 e. The molecule has 0 spiro atoms. The molecule has 0 unspecified atom stereocenters. The Bertz CT molecular complexity index is 2770. The lowest BCUT2D eigenvalue weighted by Crippen LogP contribution is -2.16. The Hall–Kier alpha value is -6.08. The molecular formula is C60H70F3N3O6. The highest BCUT2D eigenvalue weighted by atomic mass is 19.1. The number of methoxy groups -OCH3 is 3. The van der Waals surface area contributed by atoms with Gasteiger partial charge in [-0.3, -0.25) is 0 Å². The summed E-state index contributed by atoms with van der Waals surface area (Å²) in [6, 6.07) is 22.2. The zero-order chi connectivity index (χ0) is 52.0. The van der Waals surface area contributed by atoms with E-state index in [-0.39, 0.29) is 53.5 Å². The van der Waals surface area contributed by atoms with Gasteiger partial charge in [-0.15, -0.1) is 0 Å². The van der Waals surface area contributed by atoms with Gasteiger partial charge in [0.05, 0.1) is 59.7 Å². The van der Waals surface area contributed by atoms with E-state index in [1.165, 1.54) is 58.3 Å². The fourth-order valence-electron chi connectivity index (χ4n) is 11.1. The molecule has 2 fully saturated rings. The smallest absolute Gasteiger partial charge is 0.213 e. The fraction of sp³-hybridized carbons (Fsp3) is 0.417. The van der Waals surface area contributed by atoms with Crippen molar-refractivity contribution in [2.75, 3.05) is 21.3 Å². The van der Waals surface area contributed by atoms with E-state index in [4.69, 9.17) is 14.2 Å². The number of benzene rings is 3. The van der Waals surface area contributed by atoms with Gasteiger partial charge in [-0.1, -0.05) is 109 Å². The highest BCUT2D eigenvalue weighted by Gasteiger charge is 2.38. The van der Waals surface area contributed by atoms with E-state index < -0.39 is 0 Å². The Morgan fingerprint density at radius 3 is 1.19 bits per heavy atom. The monoisotopic (exact) mass is 986 g/mol. The molecule has 2 saturated carbocycles. The number of rotatable bonds is 12. The van der Waals surface area contributed by atoms with Gasteiger partial charge in [-0.05, 0) is 128 Å². The van der Waals surface area contributed by atoms with Gasteiger partial charge in [-0.2, -0.15) is 0 Å². The number of aromatic nitrogens is 3. The number of hydrogen-bond donors (Lipinski definition) is 3. The molecule has 382 valence electrons. The van der Waals surface area contributed by atoms with Crippen molar-refractivity contribution in [1.82, 2.24) is 15.0 Å². The average molecular weight is 986 g/mol. The Labute approximate surface area is 423 Å². The van der Waals surface area contributed by atoms with E-state index in [0.717, 1.165) is 88.6 Å². The summed E-state index contributed by atoms with van der Waals surface area (Å²) in [5.41, 5.74) is 11.3. The first-order valence-corrected chi connectivity index (χ1v) is 24.9. The van der Waals surface area contributed by atoms with Crippen LogP contribution in [0.2, 0.25) is 0 Å². The second-order valence-corrected chi connectivity index (χ2v) is 21.2. The third kappa shape index (κ3) is 11.7. The zero-order valence-electron chi connectivity index (χ0n) is 43.2. The highest BCUT2D eigenvalue weighted by molar-refractivity contribution is 5.85. The van der Waals surface area contributed by atoms with Crippen LogP contribution in [0.25, 0.3) is 39.0 Å². The number of allylic oxidation sites excluding steroid dienone is 2. The molecule has 9 nitrogen and oxygen atoms in total. The van der Waals surface area contributed by atoms with Crippen molar-refractivity contribution in [2.24, 2.45) is 16.2 Å². The quantitative estimate of drug-likeness (QED) is 0.110. The Morgan fingerprint density at radius 2 is 0.861 bits per heavy atom. The van der Waals surface area contributed by atoms with Crippen LogP contribution in [0.4, 0.5) is 13.2 Å². The van der Waals surface area contributed by atoms with Crippen molar-refractivity contribution in [2.45, 2.75) is 125 Å². The van der Waals surface area contributed by atoms with Gasteiger partial charge in [0.2, 0.25) is 17.6 Å². The van der Waals surface area contributed by atoms with Crippen LogP contribution in [-0.4, -0.2) is 51.6 Å². The minimum atomic E-state index is -0.384. The molecule has 3 aliphatic rings. The first-order valence-electron chi connectivity index (χ1n) is 24.9. The summed E-state index contributed by atoms with van der Waals surface area (Å²) in [4.78, 5) is 11.8. The number of pyridine rings is 3. The van der Waals surface area contributed by atoms with Crippen LogP contribution in [0.5, 0.6) is 17.6 Å². The third-order valence-electron chi connectivity index (χ3n) is 15.3. The predicted octanol–water partition coefficient (Wildman–Crippen LogP) is 14.0. The SMILES string of the molecule is COc1cc(-c2ccc(CO)cc2C2=CCCC2(C)C)c(F)cn1.COc1cc(-c2ccc(CO)cc2[C@@H]2CCCC2(C)C)c(F)cn1.COc1cc(-c2ccc(CO)cc2[C@H]2CCCC2(C)C)c(F)cn1. The van der Waals surface area contributed by atoms with Crippen LogP contribution >= 0.6 is 0 Å². The molecule has 3 N–H and O–H groups in total. The van der Waals surface area contributed by atoms with Crippen molar-refractivity contribution in [3.63, 3.8) is 0 Å². The summed E-state index contributed by atoms with van der Waals surface area (Å²) in [7, 11) is 4.57. The van der Waals surface area contributed by atoms with Crippen molar-refractivity contribution in [1.29, 1.82) is 0 Å². The lowest BCUT2D eigenvalue weighted by atomic mass is 9.75. The lowest BCUT2D eigenvalue weighted by molar-refractivity contribution is 0.281. The summed E-state index contributed by atoms with van der Waals surface area (Å²) >= 11 is 0. The largest absolute Gasteiger partial charge is 0.481 e. The fourth-order valence-corrected chi connectivity index (χ4v) is 11.1. The van der Waals surface area contributed by atoms with Crippen LogP contribution in [0.3, 0.4) is 0 Å². The first kappa shape index (κ1) is 53.7. The maximum absolute atomic E-state index is 14.5. The third-order valence-corrected chi connectivity index (χ3v) is 15.3. The molecule has 0 radical (unpaired) electrons. The summed E-state index contributed by atoms with van der Waals surface area (Å²) in [6.07, 6.45) is 14.7. The average Bonchev–Trinajstić information content (AvgIpc) is 4.06. The summed E-state index contributed by atoms with van der Waals surface area (Å²) < 4.78 is 58.9. The van der Waals surface area contributed by atoms with E-state index in [1.807, 2.05) is 54.6 Å². The molecule has 3 aliphatic carbocycles. The topological polar surface area (TPSA) is 127 Å². The van der Waals surface area contributed by atoms with Crippen LogP contribution in [-0.2, 0) is 19.8 Å². The van der Waals surface area contributed by atoms with Gasteiger partial charge >= 0.3 is 0 Å². The van der Waals surface area contributed by atoms with Gasteiger partial charge < -0.3 is 29.5 Å². The minimum Gasteiger partial charge on any atom is -0.481 e. The van der Waals surface area contributed by atoms with E-state index >= 15 is 0 Å². The van der Waals surface area contributed by atoms with Crippen LogP contribution in [0, 0.1) is 33.7 Å². The highest BCUT2D eigenvalue weighted by Crippen LogP contribution is 2.53. The lowest BCUT2D eigenvalue weighted by Gasteiger charge is -2.29. The summed E-state index contributed by atoms with van der Waals surface area (Å²) in [5, 5.41) is 28.6. The summed E-state index contributed by atoms with van der Waals surface area (Å²) in [6.45, 7) is 13.4.